The molecule has 1 heterocycles. The summed E-state index contributed by atoms with van der Waals surface area (Å²) in [6.07, 6.45) is 3.16. The fourth-order valence-corrected chi connectivity index (χ4v) is 0.946. The SMILES string of the molecule is FC(F)Sn1cccc1. The van der Waals surface area contributed by atoms with E-state index in [0.29, 0.717) is 11.9 Å². The van der Waals surface area contributed by atoms with Gasteiger partial charge in [0.05, 0.1) is 0 Å². The highest BCUT2D eigenvalue weighted by Gasteiger charge is 2.01. The van der Waals surface area contributed by atoms with Crippen molar-refractivity contribution in [3.63, 3.8) is 0 Å². The molecule has 1 aromatic heterocycles. The molecule has 9 heavy (non-hydrogen) atoms. The summed E-state index contributed by atoms with van der Waals surface area (Å²) >= 11 is 0.488. The Morgan fingerprint density at radius 3 is 2.22 bits per heavy atom. The van der Waals surface area contributed by atoms with Gasteiger partial charge in [-0.1, -0.05) is 0 Å². The van der Waals surface area contributed by atoms with Gasteiger partial charge in [-0.3, -0.25) is 3.97 Å². The molecule has 0 N–H and O–H groups in total. The fourth-order valence-electron chi connectivity index (χ4n) is 0.481. The zero-order chi connectivity index (χ0) is 6.69. The van der Waals surface area contributed by atoms with E-state index in [4.69, 9.17) is 0 Å². The summed E-state index contributed by atoms with van der Waals surface area (Å²) in [6.45, 7) is 0. The Morgan fingerprint density at radius 1 is 1.22 bits per heavy atom. The second-order valence-electron chi connectivity index (χ2n) is 1.41. The van der Waals surface area contributed by atoms with E-state index < -0.39 is 5.76 Å². The summed E-state index contributed by atoms with van der Waals surface area (Å²) in [4.78, 5) is 0. The van der Waals surface area contributed by atoms with Gasteiger partial charge < -0.3 is 0 Å². The predicted molar refractivity (Wildman–Crippen MR) is 33.4 cm³/mol. The first-order valence-electron chi connectivity index (χ1n) is 2.37. The van der Waals surface area contributed by atoms with Crippen molar-refractivity contribution >= 4 is 11.9 Å². The minimum atomic E-state index is -2.34. The van der Waals surface area contributed by atoms with E-state index in [0.717, 1.165) is 0 Å². The molecule has 0 aliphatic rings. The number of hydrogen-bond acceptors (Lipinski definition) is 1. The van der Waals surface area contributed by atoms with Crippen molar-refractivity contribution < 1.29 is 8.78 Å². The molecule has 1 rings (SSSR count). The van der Waals surface area contributed by atoms with Crippen LogP contribution in [0, 0.1) is 0 Å². The van der Waals surface area contributed by atoms with Crippen molar-refractivity contribution in [2.75, 3.05) is 0 Å². The van der Waals surface area contributed by atoms with Gasteiger partial charge in [0, 0.05) is 24.3 Å². The van der Waals surface area contributed by atoms with Crippen LogP contribution in [0.2, 0.25) is 0 Å². The highest BCUT2D eigenvalue weighted by atomic mass is 32.2. The van der Waals surface area contributed by atoms with E-state index in [-0.39, 0.29) is 0 Å². The van der Waals surface area contributed by atoms with Crippen molar-refractivity contribution in [3.05, 3.63) is 24.5 Å². The Bertz CT molecular complexity index is 161. The predicted octanol–water partition coefficient (Wildman–Crippen LogP) is 2.21. The van der Waals surface area contributed by atoms with E-state index in [1.54, 1.807) is 24.5 Å². The van der Waals surface area contributed by atoms with E-state index in [9.17, 15) is 8.78 Å². The molecule has 0 bridgehead atoms. The topological polar surface area (TPSA) is 4.93 Å². The first-order valence-corrected chi connectivity index (χ1v) is 3.21. The van der Waals surface area contributed by atoms with Crippen LogP contribution in [0.25, 0.3) is 0 Å². The molecule has 0 radical (unpaired) electrons. The number of halogens is 2. The van der Waals surface area contributed by atoms with Crippen LogP contribution in [-0.2, 0) is 0 Å². The maximum Gasteiger partial charge on any atom is 0.303 e. The minimum absolute atomic E-state index is 0.488. The molecule has 1 nitrogen and oxygen atoms in total. The van der Waals surface area contributed by atoms with E-state index in [1.807, 2.05) is 0 Å². The first-order chi connectivity index (χ1) is 4.29. The van der Waals surface area contributed by atoms with Crippen LogP contribution in [-0.4, -0.2) is 9.73 Å². The van der Waals surface area contributed by atoms with Crippen LogP contribution in [0.3, 0.4) is 0 Å². The number of alkyl halides is 2. The fraction of sp³-hybridized carbons (Fsp3) is 0.200. The lowest BCUT2D eigenvalue weighted by atomic mass is 10.7. The third-order valence-electron chi connectivity index (χ3n) is 0.778. The summed E-state index contributed by atoms with van der Waals surface area (Å²) in [5.74, 6) is -2.34. The largest absolute Gasteiger partial charge is 0.303 e. The van der Waals surface area contributed by atoms with Crippen molar-refractivity contribution in [3.8, 4) is 0 Å². The Kier molecular flexibility index (Phi) is 2.10. The average Bonchev–Trinajstić information content (AvgIpc) is 2.15. The van der Waals surface area contributed by atoms with Gasteiger partial charge in [0.2, 0.25) is 0 Å². The lowest BCUT2D eigenvalue weighted by molar-refractivity contribution is 0.251. The molecule has 0 fully saturated rings. The molecule has 50 valence electrons. The van der Waals surface area contributed by atoms with Gasteiger partial charge in [-0.15, -0.1) is 0 Å². The van der Waals surface area contributed by atoms with E-state index in [2.05, 4.69) is 0 Å². The van der Waals surface area contributed by atoms with Gasteiger partial charge in [0.1, 0.15) is 0 Å². The molecule has 0 saturated carbocycles. The summed E-state index contributed by atoms with van der Waals surface area (Å²) in [5, 5.41) is 0. The van der Waals surface area contributed by atoms with E-state index >= 15 is 0 Å². The molecule has 0 atom stereocenters. The molecular weight excluding hydrogens is 144 g/mol. The van der Waals surface area contributed by atoms with Crippen LogP contribution in [0.15, 0.2) is 24.5 Å². The summed E-state index contributed by atoms with van der Waals surface area (Å²) in [6, 6.07) is 3.41. The smallest absolute Gasteiger partial charge is 0.294 e. The molecule has 0 amide bonds. The number of aromatic nitrogens is 1. The minimum Gasteiger partial charge on any atom is -0.294 e. The third-order valence-corrected chi connectivity index (χ3v) is 1.42. The molecule has 0 aromatic carbocycles. The number of nitrogens with zero attached hydrogens (tertiary/aromatic N) is 1. The Labute approximate surface area is 55.8 Å². The molecule has 0 saturated heterocycles. The Morgan fingerprint density at radius 2 is 1.78 bits per heavy atom. The summed E-state index contributed by atoms with van der Waals surface area (Å²) in [7, 11) is 0. The van der Waals surface area contributed by atoms with Gasteiger partial charge in [-0.05, 0) is 12.1 Å². The first kappa shape index (κ1) is 6.61. The zero-order valence-corrected chi connectivity index (χ0v) is 5.31. The summed E-state index contributed by atoms with van der Waals surface area (Å²) in [5.41, 5.74) is 0. The molecular formula is C5H5F2NS. The molecule has 4 heteroatoms. The lowest BCUT2D eigenvalue weighted by Crippen LogP contribution is -1.87. The monoisotopic (exact) mass is 149 g/mol. The zero-order valence-electron chi connectivity index (χ0n) is 4.50. The molecule has 0 spiro atoms. The molecule has 1 aromatic rings. The second kappa shape index (κ2) is 2.87. The van der Waals surface area contributed by atoms with Crippen LogP contribution in [0.4, 0.5) is 8.78 Å². The number of hydrogen-bond donors (Lipinski definition) is 0. The molecule has 0 aliphatic carbocycles. The maximum atomic E-state index is 11.5. The van der Waals surface area contributed by atoms with Gasteiger partial charge in [-0.25, -0.2) is 0 Å². The van der Waals surface area contributed by atoms with Gasteiger partial charge in [0.25, 0.3) is 0 Å². The third kappa shape index (κ3) is 2.05. The van der Waals surface area contributed by atoms with Crippen molar-refractivity contribution in [2.45, 2.75) is 5.76 Å². The lowest BCUT2D eigenvalue weighted by Gasteiger charge is -1.96. The van der Waals surface area contributed by atoms with Crippen LogP contribution in [0.5, 0.6) is 0 Å². The van der Waals surface area contributed by atoms with Crippen LogP contribution >= 0.6 is 11.9 Å². The average molecular weight is 149 g/mol. The molecule has 0 aliphatic heterocycles. The highest BCUT2D eigenvalue weighted by molar-refractivity contribution is 7.98. The molecule has 0 unspecified atom stereocenters. The normalized spacial score (nSPS) is 10.6. The van der Waals surface area contributed by atoms with Crippen molar-refractivity contribution in [1.29, 1.82) is 0 Å². The number of rotatable bonds is 2. The van der Waals surface area contributed by atoms with E-state index in [1.165, 1.54) is 3.97 Å². The van der Waals surface area contributed by atoms with Crippen molar-refractivity contribution in [1.82, 2.24) is 3.97 Å². The van der Waals surface area contributed by atoms with Gasteiger partial charge >= 0.3 is 5.76 Å². The van der Waals surface area contributed by atoms with Crippen molar-refractivity contribution in [2.24, 2.45) is 0 Å². The highest BCUT2D eigenvalue weighted by Crippen LogP contribution is 2.15. The van der Waals surface area contributed by atoms with Crippen LogP contribution in [0.1, 0.15) is 0 Å². The second-order valence-corrected chi connectivity index (χ2v) is 2.40. The summed E-state index contributed by atoms with van der Waals surface area (Å²) < 4.78 is 24.4. The standard InChI is InChI=1S/C5H5F2NS/c6-5(7)9-8-3-1-2-4-8/h1-5H. The Hall–Kier alpha value is -0.510. The quantitative estimate of drug-likeness (QED) is 0.624. The van der Waals surface area contributed by atoms with Gasteiger partial charge in [-0.2, -0.15) is 8.78 Å². The van der Waals surface area contributed by atoms with Crippen LogP contribution < -0.4 is 0 Å². The maximum absolute atomic E-state index is 11.5. The van der Waals surface area contributed by atoms with Gasteiger partial charge in [0.15, 0.2) is 0 Å². The Balaban J connectivity index is 2.48.